The summed E-state index contributed by atoms with van der Waals surface area (Å²) < 4.78 is 0.946. The first kappa shape index (κ1) is 21.2. The van der Waals surface area contributed by atoms with Gasteiger partial charge in [0.2, 0.25) is 5.91 Å². The summed E-state index contributed by atoms with van der Waals surface area (Å²) in [6.45, 7) is 5.78. The fourth-order valence-corrected chi connectivity index (χ4v) is 3.02. The Bertz CT molecular complexity index is 642. The average molecular weight is 438 g/mol. The number of rotatable bonds is 8. The summed E-state index contributed by atoms with van der Waals surface area (Å²) in [5, 5.41) is 9.23. The molecule has 1 fully saturated rings. The number of guanidine groups is 1. The molecule has 0 aromatic heterocycles. The van der Waals surface area contributed by atoms with E-state index in [0.717, 1.165) is 43.4 Å². The van der Waals surface area contributed by atoms with E-state index in [1.807, 2.05) is 24.0 Å². The van der Waals surface area contributed by atoms with E-state index in [-0.39, 0.29) is 18.4 Å². The molecule has 0 spiro atoms. The number of aliphatic imine (C=N–C) groups is 1. The van der Waals surface area contributed by atoms with Crippen LogP contribution in [0.2, 0.25) is 0 Å². The van der Waals surface area contributed by atoms with Crippen molar-refractivity contribution in [1.29, 1.82) is 0 Å². The largest absolute Gasteiger partial charge is 0.357 e. The molecular formula is C19H28BrN5O2. The molecule has 0 saturated carbocycles. The molecule has 0 bridgehead atoms. The molecule has 0 atom stereocenters. The van der Waals surface area contributed by atoms with Gasteiger partial charge in [-0.3, -0.25) is 9.59 Å². The van der Waals surface area contributed by atoms with Gasteiger partial charge in [0, 0.05) is 42.8 Å². The first-order valence-electron chi connectivity index (χ1n) is 9.44. The Morgan fingerprint density at radius 3 is 2.41 bits per heavy atom. The van der Waals surface area contributed by atoms with Gasteiger partial charge in [0.1, 0.15) is 6.54 Å². The molecule has 1 aliphatic heterocycles. The number of carbonyl (C=O) groups is 2. The van der Waals surface area contributed by atoms with Crippen LogP contribution in [0.5, 0.6) is 0 Å². The third-order valence-corrected chi connectivity index (χ3v) is 4.74. The summed E-state index contributed by atoms with van der Waals surface area (Å²) in [6.07, 6.45) is 2.92. The van der Waals surface area contributed by atoms with Crippen molar-refractivity contribution in [2.75, 3.05) is 39.3 Å². The maximum Gasteiger partial charge on any atom is 0.251 e. The molecule has 0 radical (unpaired) electrons. The van der Waals surface area contributed by atoms with Gasteiger partial charge in [-0.25, -0.2) is 4.99 Å². The summed E-state index contributed by atoms with van der Waals surface area (Å²) >= 11 is 3.35. The number of hydrogen-bond donors (Lipinski definition) is 3. The second kappa shape index (κ2) is 11.6. The van der Waals surface area contributed by atoms with E-state index in [1.54, 1.807) is 12.1 Å². The van der Waals surface area contributed by atoms with Crippen LogP contribution in [0.4, 0.5) is 0 Å². The van der Waals surface area contributed by atoms with E-state index >= 15 is 0 Å². The number of likely N-dealkylation sites (tertiary alicyclic amines) is 1. The minimum atomic E-state index is -0.0840. The van der Waals surface area contributed by atoms with Gasteiger partial charge in [0.05, 0.1) is 0 Å². The Balaban J connectivity index is 1.67. The van der Waals surface area contributed by atoms with Gasteiger partial charge in [-0.1, -0.05) is 15.9 Å². The summed E-state index contributed by atoms with van der Waals surface area (Å²) in [5.41, 5.74) is 0.640. The van der Waals surface area contributed by atoms with Crippen molar-refractivity contribution in [1.82, 2.24) is 20.9 Å². The second-order valence-corrected chi connectivity index (χ2v) is 7.24. The third-order valence-electron chi connectivity index (χ3n) is 4.21. The van der Waals surface area contributed by atoms with Crippen molar-refractivity contribution in [2.24, 2.45) is 4.99 Å². The number of nitrogens with zero attached hydrogens (tertiary/aromatic N) is 2. The predicted octanol–water partition coefficient (Wildman–Crippen LogP) is 1.75. The summed E-state index contributed by atoms with van der Waals surface area (Å²) in [7, 11) is 0. The van der Waals surface area contributed by atoms with Crippen LogP contribution in [0.15, 0.2) is 33.7 Å². The van der Waals surface area contributed by atoms with E-state index in [2.05, 4.69) is 36.9 Å². The van der Waals surface area contributed by atoms with Crippen molar-refractivity contribution >= 4 is 33.7 Å². The van der Waals surface area contributed by atoms with Crippen LogP contribution in [0.3, 0.4) is 0 Å². The summed E-state index contributed by atoms with van der Waals surface area (Å²) in [4.78, 5) is 30.3. The van der Waals surface area contributed by atoms with Crippen LogP contribution in [0.1, 0.15) is 36.5 Å². The summed E-state index contributed by atoms with van der Waals surface area (Å²) in [6, 6.07) is 7.26. The van der Waals surface area contributed by atoms with E-state index < -0.39 is 0 Å². The Morgan fingerprint density at radius 2 is 1.74 bits per heavy atom. The molecule has 2 amide bonds. The van der Waals surface area contributed by atoms with Crippen molar-refractivity contribution in [3.63, 3.8) is 0 Å². The molecule has 7 nitrogen and oxygen atoms in total. The quantitative estimate of drug-likeness (QED) is 0.328. The molecular weight excluding hydrogens is 410 g/mol. The van der Waals surface area contributed by atoms with Gasteiger partial charge >= 0.3 is 0 Å². The highest BCUT2D eigenvalue weighted by atomic mass is 79.9. The number of hydrogen-bond acceptors (Lipinski definition) is 3. The van der Waals surface area contributed by atoms with Gasteiger partial charge in [0.25, 0.3) is 5.91 Å². The number of carbonyl (C=O) groups excluding carboxylic acids is 2. The van der Waals surface area contributed by atoms with Crippen molar-refractivity contribution < 1.29 is 9.59 Å². The van der Waals surface area contributed by atoms with Crippen LogP contribution in [-0.4, -0.2) is 61.9 Å². The fourth-order valence-electron chi connectivity index (χ4n) is 2.76. The molecule has 1 aromatic rings. The highest BCUT2D eigenvalue weighted by molar-refractivity contribution is 9.10. The first-order chi connectivity index (χ1) is 13.1. The molecule has 3 N–H and O–H groups in total. The fraction of sp³-hybridized carbons (Fsp3) is 0.526. The minimum absolute atomic E-state index is 0.0754. The molecule has 27 heavy (non-hydrogen) atoms. The zero-order valence-electron chi connectivity index (χ0n) is 15.8. The molecule has 2 rings (SSSR count). The van der Waals surface area contributed by atoms with Gasteiger partial charge < -0.3 is 20.9 Å². The lowest BCUT2D eigenvalue weighted by Crippen LogP contribution is -2.40. The Labute approximate surface area is 169 Å². The molecule has 1 heterocycles. The third kappa shape index (κ3) is 7.58. The monoisotopic (exact) mass is 437 g/mol. The number of amides is 2. The van der Waals surface area contributed by atoms with Gasteiger partial charge in [-0.2, -0.15) is 0 Å². The van der Waals surface area contributed by atoms with E-state index in [1.165, 1.54) is 0 Å². The number of benzene rings is 1. The van der Waals surface area contributed by atoms with Crippen LogP contribution in [0, 0.1) is 0 Å². The van der Waals surface area contributed by atoms with E-state index in [0.29, 0.717) is 24.6 Å². The van der Waals surface area contributed by atoms with Crippen LogP contribution in [0.25, 0.3) is 0 Å². The maximum absolute atomic E-state index is 12.1. The number of halogens is 1. The SMILES string of the molecule is CCNC(=NCC(=O)N1CCCC1)NCCCNC(=O)c1ccc(Br)cc1. The smallest absolute Gasteiger partial charge is 0.251 e. The lowest BCUT2D eigenvalue weighted by Gasteiger charge is -2.15. The summed E-state index contributed by atoms with van der Waals surface area (Å²) in [5.74, 6) is 0.620. The van der Waals surface area contributed by atoms with Crippen LogP contribution < -0.4 is 16.0 Å². The van der Waals surface area contributed by atoms with E-state index in [4.69, 9.17) is 0 Å². The Morgan fingerprint density at radius 1 is 1.07 bits per heavy atom. The second-order valence-electron chi connectivity index (χ2n) is 6.33. The van der Waals surface area contributed by atoms with Crippen molar-refractivity contribution in [3.05, 3.63) is 34.3 Å². The lowest BCUT2D eigenvalue weighted by atomic mass is 10.2. The zero-order chi connectivity index (χ0) is 19.5. The van der Waals surface area contributed by atoms with Crippen LogP contribution in [-0.2, 0) is 4.79 Å². The predicted molar refractivity (Wildman–Crippen MR) is 111 cm³/mol. The first-order valence-corrected chi connectivity index (χ1v) is 10.2. The highest BCUT2D eigenvalue weighted by Gasteiger charge is 2.17. The number of nitrogens with one attached hydrogen (secondary N) is 3. The topological polar surface area (TPSA) is 85.8 Å². The van der Waals surface area contributed by atoms with Gasteiger partial charge in [-0.05, 0) is 50.5 Å². The molecule has 8 heteroatoms. The average Bonchev–Trinajstić information content (AvgIpc) is 3.20. The Hall–Kier alpha value is -2.09. The standard InChI is InChI=1S/C19H28BrN5O2/c1-2-21-19(24-14-17(26)25-12-3-4-13-25)23-11-5-10-22-18(27)15-6-8-16(20)9-7-15/h6-9H,2-5,10-14H2,1H3,(H,22,27)(H2,21,23,24). The normalized spacial score (nSPS) is 14.1. The molecule has 148 valence electrons. The Kier molecular flexibility index (Phi) is 9.10. The van der Waals surface area contributed by atoms with Gasteiger partial charge in [-0.15, -0.1) is 0 Å². The van der Waals surface area contributed by atoms with Crippen molar-refractivity contribution in [2.45, 2.75) is 26.2 Å². The van der Waals surface area contributed by atoms with E-state index in [9.17, 15) is 9.59 Å². The lowest BCUT2D eigenvalue weighted by molar-refractivity contribution is -0.128. The molecule has 0 unspecified atom stereocenters. The minimum Gasteiger partial charge on any atom is -0.357 e. The van der Waals surface area contributed by atoms with Gasteiger partial charge in [0.15, 0.2) is 5.96 Å². The molecule has 1 aromatic carbocycles. The maximum atomic E-state index is 12.1. The zero-order valence-corrected chi connectivity index (χ0v) is 17.3. The molecule has 1 aliphatic rings. The van der Waals surface area contributed by atoms with Crippen LogP contribution >= 0.6 is 15.9 Å². The molecule has 1 saturated heterocycles. The highest BCUT2D eigenvalue weighted by Crippen LogP contribution is 2.10. The molecule has 0 aliphatic carbocycles. The van der Waals surface area contributed by atoms with Crippen molar-refractivity contribution in [3.8, 4) is 0 Å².